The minimum Gasteiger partial charge on any atom is -0.463 e. The molecular formula is C19H26O7. The van der Waals surface area contributed by atoms with Crippen LogP contribution in [0, 0.1) is 0 Å². The summed E-state index contributed by atoms with van der Waals surface area (Å²) in [5.74, 6) is -2.19. The van der Waals surface area contributed by atoms with Crippen LogP contribution in [0.25, 0.3) is 0 Å². The highest BCUT2D eigenvalue weighted by Crippen LogP contribution is 2.09. The van der Waals surface area contributed by atoms with E-state index in [1.54, 1.807) is 0 Å². The third kappa shape index (κ3) is 9.17. The Balaban J connectivity index is 2.44. The predicted octanol–water partition coefficient (Wildman–Crippen LogP) is 2.15. The summed E-state index contributed by atoms with van der Waals surface area (Å²) < 4.78 is 15.0. The molecule has 0 saturated heterocycles. The first-order valence-electron chi connectivity index (χ1n) is 8.73. The molecule has 0 bridgehead atoms. The Bertz CT molecular complexity index is 556. The second-order valence-corrected chi connectivity index (χ2v) is 5.70. The van der Waals surface area contributed by atoms with Crippen LogP contribution in [0.5, 0.6) is 0 Å². The number of rotatable bonds is 12. The van der Waals surface area contributed by atoms with Crippen molar-refractivity contribution in [3.05, 3.63) is 35.9 Å². The molecule has 0 fully saturated rings. The van der Waals surface area contributed by atoms with Gasteiger partial charge in [0.1, 0.15) is 13.2 Å². The van der Waals surface area contributed by atoms with Crippen LogP contribution in [0.4, 0.5) is 0 Å². The third-order valence-corrected chi connectivity index (χ3v) is 3.51. The highest BCUT2D eigenvalue weighted by molar-refractivity contribution is 5.80. The van der Waals surface area contributed by atoms with Gasteiger partial charge in [0.25, 0.3) is 0 Å². The van der Waals surface area contributed by atoms with Crippen molar-refractivity contribution in [3.8, 4) is 0 Å². The Morgan fingerprint density at radius 2 is 1.77 bits per heavy atom. The maximum Gasteiger partial charge on any atom is 0.347 e. The fourth-order valence-electron chi connectivity index (χ4n) is 2.10. The van der Waals surface area contributed by atoms with Gasteiger partial charge in [-0.3, -0.25) is 4.79 Å². The van der Waals surface area contributed by atoms with E-state index in [0.717, 1.165) is 18.4 Å². The van der Waals surface area contributed by atoms with Crippen LogP contribution in [0.2, 0.25) is 0 Å². The lowest BCUT2D eigenvalue weighted by Crippen LogP contribution is -2.31. The van der Waals surface area contributed by atoms with Gasteiger partial charge < -0.3 is 19.3 Å². The minimum absolute atomic E-state index is 0.0635. The Labute approximate surface area is 153 Å². The number of benzene rings is 1. The van der Waals surface area contributed by atoms with Gasteiger partial charge in [0.2, 0.25) is 0 Å². The summed E-state index contributed by atoms with van der Waals surface area (Å²) >= 11 is 0. The SMILES string of the molecule is CCCCCOC(=O)C(CCC(=O)OCc1ccccc1)OC(=O)CO. The molecule has 1 N–H and O–H groups in total. The largest absolute Gasteiger partial charge is 0.463 e. The van der Waals surface area contributed by atoms with E-state index in [0.29, 0.717) is 6.42 Å². The third-order valence-electron chi connectivity index (χ3n) is 3.51. The molecule has 0 amide bonds. The van der Waals surface area contributed by atoms with Gasteiger partial charge in [-0.1, -0.05) is 50.1 Å². The molecule has 1 atom stereocenters. The fourth-order valence-corrected chi connectivity index (χ4v) is 2.10. The molecule has 1 aromatic rings. The Morgan fingerprint density at radius 3 is 2.42 bits per heavy atom. The molecule has 0 spiro atoms. The summed E-state index contributed by atoms with van der Waals surface area (Å²) in [6, 6.07) is 9.18. The number of unbranched alkanes of at least 4 members (excludes halogenated alkanes) is 2. The number of aliphatic hydroxyl groups is 1. The number of carbonyl (C=O) groups excluding carboxylic acids is 3. The first kappa shape index (κ1) is 21.6. The summed E-state index contributed by atoms with van der Waals surface area (Å²) in [4.78, 5) is 35.1. The zero-order valence-electron chi connectivity index (χ0n) is 15.0. The lowest BCUT2D eigenvalue weighted by atomic mass is 10.2. The number of carbonyl (C=O) groups is 3. The van der Waals surface area contributed by atoms with Crippen LogP contribution in [0.3, 0.4) is 0 Å². The van der Waals surface area contributed by atoms with Crippen molar-refractivity contribution >= 4 is 17.9 Å². The molecular weight excluding hydrogens is 340 g/mol. The highest BCUT2D eigenvalue weighted by atomic mass is 16.6. The van der Waals surface area contributed by atoms with Gasteiger partial charge in [0.05, 0.1) is 6.61 Å². The van der Waals surface area contributed by atoms with E-state index in [1.165, 1.54) is 0 Å². The van der Waals surface area contributed by atoms with Crippen LogP contribution in [-0.2, 0) is 35.2 Å². The lowest BCUT2D eigenvalue weighted by molar-refractivity contribution is -0.170. The maximum absolute atomic E-state index is 12.0. The zero-order chi connectivity index (χ0) is 19.2. The molecule has 1 unspecified atom stereocenters. The lowest BCUT2D eigenvalue weighted by Gasteiger charge is -2.16. The first-order valence-corrected chi connectivity index (χ1v) is 8.73. The predicted molar refractivity (Wildman–Crippen MR) is 92.9 cm³/mol. The van der Waals surface area contributed by atoms with Crippen LogP contribution in [-0.4, -0.2) is 42.3 Å². The number of hydrogen-bond acceptors (Lipinski definition) is 7. The van der Waals surface area contributed by atoms with Crippen molar-refractivity contribution in [1.82, 2.24) is 0 Å². The zero-order valence-corrected chi connectivity index (χ0v) is 15.0. The highest BCUT2D eigenvalue weighted by Gasteiger charge is 2.25. The molecule has 0 radical (unpaired) electrons. The van der Waals surface area contributed by atoms with E-state index in [-0.39, 0.29) is 26.1 Å². The second kappa shape index (κ2) is 12.9. The van der Waals surface area contributed by atoms with Gasteiger partial charge in [-0.2, -0.15) is 0 Å². The van der Waals surface area contributed by atoms with E-state index in [1.807, 2.05) is 37.3 Å². The summed E-state index contributed by atoms with van der Waals surface area (Å²) in [6.07, 6.45) is 1.20. The molecule has 1 rings (SSSR count). The van der Waals surface area contributed by atoms with Crippen LogP contribution in [0.15, 0.2) is 30.3 Å². The average molecular weight is 366 g/mol. The van der Waals surface area contributed by atoms with Gasteiger partial charge in [0.15, 0.2) is 6.10 Å². The Kier molecular flexibility index (Phi) is 10.7. The molecule has 0 aromatic heterocycles. The molecule has 0 saturated carbocycles. The summed E-state index contributed by atoms with van der Waals surface area (Å²) in [7, 11) is 0. The molecule has 7 heteroatoms. The van der Waals surface area contributed by atoms with Crippen molar-refractivity contribution in [2.24, 2.45) is 0 Å². The van der Waals surface area contributed by atoms with E-state index in [9.17, 15) is 14.4 Å². The number of hydrogen-bond donors (Lipinski definition) is 1. The van der Waals surface area contributed by atoms with Crippen LogP contribution >= 0.6 is 0 Å². The number of aliphatic hydroxyl groups excluding tert-OH is 1. The van der Waals surface area contributed by atoms with Crippen molar-refractivity contribution < 1.29 is 33.7 Å². The van der Waals surface area contributed by atoms with Gasteiger partial charge in [-0.15, -0.1) is 0 Å². The second-order valence-electron chi connectivity index (χ2n) is 5.70. The molecule has 0 aliphatic carbocycles. The monoisotopic (exact) mass is 366 g/mol. The Morgan fingerprint density at radius 1 is 1.04 bits per heavy atom. The standard InChI is InChI=1S/C19H26O7/c1-2-3-7-12-24-19(23)16(26-18(22)13-20)10-11-17(21)25-14-15-8-5-4-6-9-15/h4-6,8-9,16,20H,2-3,7,10-14H2,1H3. The molecule has 0 heterocycles. The van der Waals surface area contributed by atoms with Crippen molar-refractivity contribution in [3.63, 3.8) is 0 Å². The minimum atomic E-state index is -1.24. The molecule has 0 aliphatic heterocycles. The summed E-state index contributed by atoms with van der Waals surface area (Å²) in [5, 5.41) is 8.78. The average Bonchev–Trinajstić information content (AvgIpc) is 2.67. The molecule has 0 aliphatic rings. The van der Waals surface area contributed by atoms with Crippen LogP contribution < -0.4 is 0 Å². The normalized spacial score (nSPS) is 11.5. The maximum atomic E-state index is 12.0. The van der Waals surface area contributed by atoms with Gasteiger partial charge in [-0.25, -0.2) is 9.59 Å². The van der Waals surface area contributed by atoms with Crippen molar-refractivity contribution in [1.29, 1.82) is 0 Å². The number of ether oxygens (including phenoxy) is 3. The van der Waals surface area contributed by atoms with E-state index >= 15 is 0 Å². The number of esters is 3. The first-order chi connectivity index (χ1) is 12.6. The van der Waals surface area contributed by atoms with Crippen molar-refractivity contribution in [2.45, 2.75) is 51.7 Å². The quantitative estimate of drug-likeness (QED) is 0.344. The van der Waals surface area contributed by atoms with Crippen molar-refractivity contribution in [2.75, 3.05) is 13.2 Å². The smallest absolute Gasteiger partial charge is 0.347 e. The van der Waals surface area contributed by atoms with E-state index in [4.69, 9.17) is 19.3 Å². The molecule has 1 aromatic carbocycles. The Hall–Kier alpha value is -2.41. The van der Waals surface area contributed by atoms with Gasteiger partial charge in [0, 0.05) is 12.8 Å². The summed E-state index contributed by atoms with van der Waals surface area (Å²) in [6.45, 7) is 1.52. The van der Waals surface area contributed by atoms with Gasteiger partial charge >= 0.3 is 17.9 Å². The van der Waals surface area contributed by atoms with E-state index < -0.39 is 30.6 Å². The fraction of sp³-hybridized carbons (Fsp3) is 0.526. The molecule has 144 valence electrons. The van der Waals surface area contributed by atoms with Gasteiger partial charge in [-0.05, 0) is 12.0 Å². The molecule has 7 nitrogen and oxygen atoms in total. The summed E-state index contributed by atoms with van der Waals surface area (Å²) in [5.41, 5.74) is 0.847. The van der Waals surface area contributed by atoms with Crippen LogP contribution in [0.1, 0.15) is 44.6 Å². The molecule has 26 heavy (non-hydrogen) atoms. The van der Waals surface area contributed by atoms with E-state index in [2.05, 4.69) is 0 Å². The topological polar surface area (TPSA) is 99.1 Å².